The van der Waals surface area contributed by atoms with Crippen molar-refractivity contribution in [2.45, 2.75) is 13.3 Å². The largest absolute Gasteiger partial charge is 0.382 e. The number of aromatic nitrogens is 1. The molecule has 0 fully saturated rings. The van der Waals surface area contributed by atoms with Crippen LogP contribution in [0.5, 0.6) is 0 Å². The highest BCUT2D eigenvalue weighted by Crippen LogP contribution is 2.26. The molecule has 0 spiro atoms. The van der Waals surface area contributed by atoms with Crippen molar-refractivity contribution in [1.82, 2.24) is 4.98 Å². The number of carbonyl (C=O) groups is 1. The van der Waals surface area contributed by atoms with Crippen molar-refractivity contribution >= 4 is 45.5 Å². The molecule has 20 heavy (non-hydrogen) atoms. The first-order valence-corrected chi connectivity index (χ1v) is 7.36. The fourth-order valence-electron chi connectivity index (χ4n) is 1.52. The standard InChI is InChI=1S/C13H15ClN4OS/c1-2-7-16-13-18-11(15)10(20-13)12(19)17-9-5-3-8(14)4-6-9/h3-6H,2,7,15H2,1H3,(H,16,18)(H,17,19). The minimum atomic E-state index is -0.271. The summed E-state index contributed by atoms with van der Waals surface area (Å²) in [5, 5.41) is 7.15. The molecule has 0 aliphatic carbocycles. The lowest BCUT2D eigenvalue weighted by Crippen LogP contribution is -2.12. The maximum atomic E-state index is 12.1. The number of carbonyl (C=O) groups excluding carboxylic acids is 1. The zero-order valence-electron chi connectivity index (χ0n) is 10.9. The average molecular weight is 311 g/mol. The van der Waals surface area contributed by atoms with Gasteiger partial charge in [-0.05, 0) is 30.7 Å². The number of benzene rings is 1. The molecular formula is C13H15ClN4OS. The Bertz CT molecular complexity index is 597. The van der Waals surface area contributed by atoms with Gasteiger partial charge in [0.15, 0.2) is 5.13 Å². The summed E-state index contributed by atoms with van der Waals surface area (Å²) in [4.78, 5) is 16.7. The third-order valence-electron chi connectivity index (χ3n) is 2.49. The molecule has 0 saturated carbocycles. The summed E-state index contributed by atoms with van der Waals surface area (Å²) < 4.78 is 0. The fraction of sp³-hybridized carbons (Fsp3) is 0.231. The first kappa shape index (κ1) is 14.6. The molecule has 1 aromatic heterocycles. The molecule has 0 unspecified atom stereocenters. The van der Waals surface area contributed by atoms with E-state index in [-0.39, 0.29) is 11.7 Å². The highest BCUT2D eigenvalue weighted by Gasteiger charge is 2.16. The van der Waals surface area contributed by atoms with Crippen LogP contribution in [0, 0.1) is 0 Å². The summed E-state index contributed by atoms with van der Waals surface area (Å²) in [7, 11) is 0. The van der Waals surface area contributed by atoms with Gasteiger partial charge in [0.1, 0.15) is 10.7 Å². The fourth-order valence-corrected chi connectivity index (χ4v) is 2.45. The summed E-state index contributed by atoms with van der Waals surface area (Å²) >= 11 is 7.04. The molecular weight excluding hydrogens is 296 g/mol. The van der Waals surface area contributed by atoms with Crippen molar-refractivity contribution in [2.24, 2.45) is 0 Å². The van der Waals surface area contributed by atoms with Crippen LogP contribution in [0.3, 0.4) is 0 Å². The molecule has 0 bridgehead atoms. The number of anilines is 3. The minimum Gasteiger partial charge on any atom is -0.382 e. The number of thiazole rings is 1. The molecule has 0 radical (unpaired) electrons. The second-order valence-electron chi connectivity index (χ2n) is 4.12. The van der Waals surface area contributed by atoms with Gasteiger partial charge in [0, 0.05) is 17.3 Å². The summed E-state index contributed by atoms with van der Waals surface area (Å²) in [6, 6.07) is 6.88. The summed E-state index contributed by atoms with van der Waals surface area (Å²) in [5.74, 6) is -0.0352. The van der Waals surface area contributed by atoms with E-state index in [1.807, 2.05) is 0 Å². The van der Waals surface area contributed by atoms with Crippen molar-refractivity contribution in [3.05, 3.63) is 34.2 Å². The molecule has 7 heteroatoms. The van der Waals surface area contributed by atoms with Crippen LogP contribution in [0.25, 0.3) is 0 Å². The number of nitrogens with two attached hydrogens (primary N) is 1. The Morgan fingerprint density at radius 2 is 2.10 bits per heavy atom. The van der Waals surface area contributed by atoms with Gasteiger partial charge in [0.2, 0.25) is 0 Å². The van der Waals surface area contributed by atoms with Crippen molar-refractivity contribution in [3.63, 3.8) is 0 Å². The Hall–Kier alpha value is -1.79. The molecule has 2 rings (SSSR count). The van der Waals surface area contributed by atoms with Gasteiger partial charge in [0.05, 0.1) is 0 Å². The van der Waals surface area contributed by atoms with E-state index >= 15 is 0 Å². The molecule has 5 nitrogen and oxygen atoms in total. The molecule has 106 valence electrons. The highest BCUT2D eigenvalue weighted by molar-refractivity contribution is 7.18. The van der Waals surface area contributed by atoms with Crippen LogP contribution in [-0.4, -0.2) is 17.4 Å². The predicted octanol–water partition coefficient (Wildman–Crippen LogP) is 3.45. The van der Waals surface area contributed by atoms with Gasteiger partial charge in [-0.2, -0.15) is 0 Å². The Morgan fingerprint density at radius 1 is 1.40 bits per heavy atom. The van der Waals surface area contributed by atoms with E-state index in [0.29, 0.717) is 20.7 Å². The van der Waals surface area contributed by atoms with Crippen LogP contribution in [0.1, 0.15) is 23.0 Å². The Kier molecular flexibility index (Phi) is 4.81. The van der Waals surface area contributed by atoms with Gasteiger partial charge in [-0.3, -0.25) is 4.79 Å². The Morgan fingerprint density at radius 3 is 2.75 bits per heavy atom. The quantitative estimate of drug-likeness (QED) is 0.790. The van der Waals surface area contributed by atoms with E-state index < -0.39 is 0 Å². The van der Waals surface area contributed by atoms with Crippen molar-refractivity contribution in [2.75, 3.05) is 22.9 Å². The SMILES string of the molecule is CCCNc1nc(N)c(C(=O)Nc2ccc(Cl)cc2)s1. The monoisotopic (exact) mass is 310 g/mol. The number of hydrogen-bond acceptors (Lipinski definition) is 5. The normalized spacial score (nSPS) is 10.3. The predicted molar refractivity (Wildman–Crippen MR) is 84.7 cm³/mol. The maximum absolute atomic E-state index is 12.1. The van der Waals surface area contributed by atoms with Crippen LogP contribution >= 0.6 is 22.9 Å². The van der Waals surface area contributed by atoms with Gasteiger partial charge >= 0.3 is 0 Å². The smallest absolute Gasteiger partial charge is 0.269 e. The van der Waals surface area contributed by atoms with Crippen molar-refractivity contribution in [1.29, 1.82) is 0 Å². The maximum Gasteiger partial charge on any atom is 0.269 e. The summed E-state index contributed by atoms with van der Waals surface area (Å²) in [5.41, 5.74) is 6.43. The number of nitrogens with zero attached hydrogens (tertiary/aromatic N) is 1. The molecule has 1 aromatic carbocycles. The molecule has 4 N–H and O–H groups in total. The molecule has 2 aromatic rings. The van der Waals surface area contributed by atoms with Crippen molar-refractivity contribution < 1.29 is 4.79 Å². The van der Waals surface area contributed by atoms with Gasteiger partial charge in [0.25, 0.3) is 5.91 Å². The van der Waals surface area contributed by atoms with Crippen LogP contribution < -0.4 is 16.4 Å². The van der Waals surface area contributed by atoms with Crippen molar-refractivity contribution in [3.8, 4) is 0 Å². The first-order valence-electron chi connectivity index (χ1n) is 6.17. The van der Waals surface area contributed by atoms with E-state index in [0.717, 1.165) is 13.0 Å². The Balaban J connectivity index is 2.08. The summed E-state index contributed by atoms with van der Waals surface area (Å²) in [6.07, 6.45) is 0.978. The zero-order valence-corrected chi connectivity index (χ0v) is 12.5. The van der Waals surface area contributed by atoms with Gasteiger partial charge in [-0.25, -0.2) is 4.98 Å². The van der Waals surface area contributed by atoms with Crippen LogP contribution in [0.15, 0.2) is 24.3 Å². The minimum absolute atomic E-state index is 0.236. The van der Waals surface area contributed by atoms with E-state index in [9.17, 15) is 4.79 Å². The molecule has 0 atom stereocenters. The lowest BCUT2D eigenvalue weighted by atomic mass is 10.3. The van der Waals surface area contributed by atoms with E-state index in [1.165, 1.54) is 11.3 Å². The van der Waals surface area contributed by atoms with Crippen LogP contribution in [0.2, 0.25) is 5.02 Å². The van der Waals surface area contributed by atoms with Gasteiger partial charge < -0.3 is 16.4 Å². The van der Waals surface area contributed by atoms with E-state index in [2.05, 4.69) is 22.5 Å². The van der Waals surface area contributed by atoms with Gasteiger partial charge in [-0.1, -0.05) is 29.9 Å². The lowest BCUT2D eigenvalue weighted by molar-refractivity contribution is 0.103. The van der Waals surface area contributed by atoms with E-state index in [4.69, 9.17) is 17.3 Å². The number of nitrogen functional groups attached to an aromatic ring is 1. The first-order chi connectivity index (χ1) is 9.60. The molecule has 1 amide bonds. The van der Waals surface area contributed by atoms with Crippen LogP contribution in [0.4, 0.5) is 16.6 Å². The Labute approximate surface area is 126 Å². The number of hydrogen-bond donors (Lipinski definition) is 3. The third kappa shape index (κ3) is 3.61. The molecule has 0 aliphatic heterocycles. The highest BCUT2D eigenvalue weighted by atomic mass is 35.5. The molecule has 0 saturated heterocycles. The number of nitrogens with one attached hydrogen (secondary N) is 2. The third-order valence-corrected chi connectivity index (χ3v) is 3.77. The molecule has 1 heterocycles. The molecule has 0 aliphatic rings. The lowest BCUT2D eigenvalue weighted by Gasteiger charge is -2.03. The topological polar surface area (TPSA) is 80.0 Å². The second-order valence-corrected chi connectivity index (χ2v) is 5.56. The number of rotatable bonds is 5. The number of amides is 1. The van der Waals surface area contributed by atoms with Crippen LogP contribution in [-0.2, 0) is 0 Å². The summed E-state index contributed by atoms with van der Waals surface area (Å²) in [6.45, 7) is 2.85. The zero-order chi connectivity index (χ0) is 14.5. The average Bonchev–Trinajstić information content (AvgIpc) is 2.80. The number of halogens is 1. The van der Waals surface area contributed by atoms with Gasteiger partial charge in [-0.15, -0.1) is 0 Å². The van der Waals surface area contributed by atoms with E-state index in [1.54, 1.807) is 24.3 Å². The second kappa shape index (κ2) is 6.58.